The van der Waals surface area contributed by atoms with Gasteiger partial charge in [0, 0.05) is 0 Å². The standard InChI is InChI=1S/C41H51F3O5/c1-4-6-7-10-13-38(41(42,43)44)49-40(46)35-19-18-34-28-37(25-22-33(34)27-35)48-39(45)32-16-14-30(15-17-32)31-20-23-36(24-21-31)47-26-11-8-9-12-29(3)5-2/h14-17,20-25,28-29,35,38H,4-13,18-19,26-27H2,1-3H3/t29-,35?,38+/m0/s1. The average Bonchev–Trinajstić information content (AvgIpc) is 3.10. The van der Waals surface area contributed by atoms with E-state index in [-0.39, 0.29) is 12.8 Å². The number of esters is 2. The summed E-state index contributed by atoms with van der Waals surface area (Å²) in [6.45, 7) is 7.24. The van der Waals surface area contributed by atoms with Crippen LogP contribution in [0.4, 0.5) is 13.2 Å². The number of hydrogen-bond acceptors (Lipinski definition) is 5. The lowest BCUT2D eigenvalue weighted by Gasteiger charge is -2.27. The fourth-order valence-electron chi connectivity index (χ4n) is 6.15. The van der Waals surface area contributed by atoms with Crippen molar-refractivity contribution in [3.05, 3.63) is 83.4 Å². The number of aryl methyl sites for hydroxylation is 1. The minimum absolute atomic E-state index is 0.211. The van der Waals surface area contributed by atoms with Gasteiger partial charge in [-0.05, 0) is 103 Å². The Labute approximate surface area is 289 Å². The molecule has 0 heterocycles. The van der Waals surface area contributed by atoms with Crippen molar-refractivity contribution in [3.63, 3.8) is 0 Å². The molecule has 0 fully saturated rings. The van der Waals surface area contributed by atoms with E-state index >= 15 is 0 Å². The third-order valence-electron chi connectivity index (χ3n) is 9.51. The fourth-order valence-corrected chi connectivity index (χ4v) is 6.15. The second-order valence-electron chi connectivity index (χ2n) is 13.4. The zero-order valence-electron chi connectivity index (χ0n) is 29.2. The molecule has 0 saturated heterocycles. The lowest BCUT2D eigenvalue weighted by Crippen LogP contribution is -2.37. The molecule has 0 saturated carbocycles. The minimum Gasteiger partial charge on any atom is -0.494 e. The molecule has 49 heavy (non-hydrogen) atoms. The second-order valence-corrected chi connectivity index (χ2v) is 13.4. The summed E-state index contributed by atoms with van der Waals surface area (Å²) in [7, 11) is 0. The van der Waals surface area contributed by atoms with Crippen LogP contribution in [0.2, 0.25) is 0 Å². The van der Waals surface area contributed by atoms with Gasteiger partial charge in [-0.25, -0.2) is 4.79 Å². The first-order valence-electron chi connectivity index (χ1n) is 18.0. The molecule has 0 aromatic heterocycles. The maximum atomic E-state index is 13.5. The molecular weight excluding hydrogens is 629 g/mol. The van der Waals surface area contributed by atoms with Crippen molar-refractivity contribution in [1.82, 2.24) is 0 Å². The lowest BCUT2D eigenvalue weighted by atomic mass is 9.84. The molecule has 266 valence electrons. The van der Waals surface area contributed by atoms with Crippen LogP contribution in [0.3, 0.4) is 0 Å². The van der Waals surface area contributed by atoms with E-state index in [9.17, 15) is 22.8 Å². The molecule has 5 nitrogen and oxygen atoms in total. The van der Waals surface area contributed by atoms with E-state index in [1.54, 1.807) is 30.3 Å². The van der Waals surface area contributed by atoms with Gasteiger partial charge in [0.05, 0.1) is 18.1 Å². The van der Waals surface area contributed by atoms with Crippen molar-refractivity contribution in [2.24, 2.45) is 11.8 Å². The molecule has 0 aliphatic heterocycles. The normalized spacial score (nSPS) is 15.6. The van der Waals surface area contributed by atoms with Crippen molar-refractivity contribution >= 4 is 11.9 Å². The number of hydrogen-bond donors (Lipinski definition) is 0. The SMILES string of the molecule is CCCCCC[C@@H](OC(=O)C1CCc2cc(OC(=O)c3ccc(-c4ccc(OCCCCC[C@@H](C)CC)cc4)cc3)ccc2C1)C(F)(F)F. The zero-order valence-corrected chi connectivity index (χ0v) is 29.2. The first-order chi connectivity index (χ1) is 23.6. The Morgan fingerprint density at radius 1 is 0.796 bits per heavy atom. The second kappa shape index (κ2) is 18.8. The summed E-state index contributed by atoms with van der Waals surface area (Å²) in [5, 5.41) is 0. The predicted octanol–water partition coefficient (Wildman–Crippen LogP) is 11.1. The van der Waals surface area contributed by atoms with Gasteiger partial charge in [0.1, 0.15) is 11.5 Å². The first-order valence-corrected chi connectivity index (χ1v) is 18.0. The molecule has 0 amide bonds. The predicted molar refractivity (Wildman–Crippen MR) is 187 cm³/mol. The van der Waals surface area contributed by atoms with Crippen LogP contribution < -0.4 is 9.47 Å². The largest absolute Gasteiger partial charge is 0.494 e. The first kappa shape index (κ1) is 38.0. The summed E-state index contributed by atoms with van der Waals surface area (Å²) in [6, 6.07) is 20.4. The molecule has 1 unspecified atom stereocenters. The smallest absolute Gasteiger partial charge is 0.425 e. The summed E-state index contributed by atoms with van der Waals surface area (Å²) in [4.78, 5) is 25.7. The number of halogens is 3. The number of alkyl halides is 3. The maximum absolute atomic E-state index is 13.5. The topological polar surface area (TPSA) is 61.8 Å². The Morgan fingerprint density at radius 2 is 1.45 bits per heavy atom. The van der Waals surface area contributed by atoms with Crippen LogP contribution >= 0.6 is 0 Å². The molecule has 0 bridgehead atoms. The average molecular weight is 681 g/mol. The third kappa shape index (κ3) is 11.9. The Hall–Kier alpha value is -3.81. The summed E-state index contributed by atoms with van der Waals surface area (Å²) in [5.74, 6) is 0.0783. The molecule has 3 aromatic carbocycles. The minimum atomic E-state index is -4.58. The highest BCUT2D eigenvalue weighted by Gasteiger charge is 2.43. The number of rotatable bonds is 18. The monoisotopic (exact) mass is 680 g/mol. The summed E-state index contributed by atoms with van der Waals surface area (Å²) in [6.07, 6.45) is 3.07. The van der Waals surface area contributed by atoms with Gasteiger partial charge in [-0.1, -0.05) is 96.0 Å². The molecular formula is C41H51F3O5. The molecule has 0 spiro atoms. The third-order valence-corrected chi connectivity index (χ3v) is 9.51. The van der Waals surface area contributed by atoms with E-state index in [1.165, 1.54) is 25.7 Å². The fraction of sp³-hybridized carbons (Fsp3) is 0.512. The van der Waals surface area contributed by atoms with Gasteiger partial charge in [-0.3, -0.25) is 4.79 Å². The van der Waals surface area contributed by atoms with Crippen molar-refractivity contribution in [3.8, 4) is 22.6 Å². The molecule has 8 heteroatoms. The van der Waals surface area contributed by atoms with Crippen LogP contribution in [0, 0.1) is 11.8 Å². The van der Waals surface area contributed by atoms with Crippen LogP contribution in [0.1, 0.15) is 113 Å². The number of fused-ring (bicyclic) bond motifs is 1. The summed E-state index contributed by atoms with van der Waals surface area (Å²) in [5.41, 5.74) is 4.14. The molecule has 1 aliphatic carbocycles. The van der Waals surface area contributed by atoms with Gasteiger partial charge < -0.3 is 14.2 Å². The van der Waals surface area contributed by atoms with Crippen LogP contribution in [0.5, 0.6) is 11.5 Å². The van der Waals surface area contributed by atoms with Gasteiger partial charge in [-0.15, -0.1) is 0 Å². The molecule has 3 atom stereocenters. The Bertz CT molecular complexity index is 1470. The van der Waals surface area contributed by atoms with Crippen molar-refractivity contribution in [2.45, 2.75) is 117 Å². The number of unbranched alkanes of at least 4 members (excludes halogenated alkanes) is 5. The molecule has 0 N–H and O–H groups in total. The number of carbonyl (C=O) groups is 2. The van der Waals surface area contributed by atoms with Crippen molar-refractivity contribution in [1.29, 1.82) is 0 Å². The maximum Gasteiger partial charge on any atom is 0.425 e. The van der Waals surface area contributed by atoms with E-state index in [4.69, 9.17) is 14.2 Å². The lowest BCUT2D eigenvalue weighted by molar-refractivity contribution is -0.225. The molecule has 4 rings (SSSR count). The highest BCUT2D eigenvalue weighted by atomic mass is 19.4. The van der Waals surface area contributed by atoms with Crippen LogP contribution in [0.25, 0.3) is 11.1 Å². The highest BCUT2D eigenvalue weighted by Crippen LogP contribution is 2.33. The number of benzene rings is 3. The zero-order chi connectivity index (χ0) is 35.2. The number of ether oxygens (including phenoxy) is 3. The van der Waals surface area contributed by atoms with Crippen molar-refractivity contribution in [2.75, 3.05) is 6.61 Å². The van der Waals surface area contributed by atoms with Crippen LogP contribution in [-0.4, -0.2) is 30.8 Å². The van der Waals surface area contributed by atoms with Crippen molar-refractivity contribution < 1.29 is 37.0 Å². The van der Waals surface area contributed by atoms with Gasteiger partial charge >= 0.3 is 18.1 Å². The number of carbonyl (C=O) groups excluding carboxylic acids is 2. The van der Waals surface area contributed by atoms with Crippen LogP contribution in [0.15, 0.2) is 66.7 Å². The Balaban J connectivity index is 1.25. The molecule has 1 aliphatic rings. The van der Waals surface area contributed by atoms with E-state index < -0.39 is 30.1 Å². The van der Waals surface area contributed by atoms with Gasteiger partial charge in [0.2, 0.25) is 0 Å². The summed E-state index contributed by atoms with van der Waals surface area (Å²) < 4.78 is 57.2. The van der Waals surface area contributed by atoms with Gasteiger partial charge in [0.15, 0.2) is 6.10 Å². The van der Waals surface area contributed by atoms with E-state index in [0.29, 0.717) is 43.6 Å². The highest BCUT2D eigenvalue weighted by molar-refractivity contribution is 5.91. The van der Waals surface area contributed by atoms with E-state index in [1.807, 2.05) is 43.3 Å². The molecule has 3 aromatic rings. The molecule has 0 radical (unpaired) electrons. The van der Waals surface area contributed by atoms with E-state index in [0.717, 1.165) is 53.2 Å². The quantitative estimate of drug-likeness (QED) is 0.0760. The van der Waals surface area contributed by atoms with Gasteiger partial charge in [-0.2, -0.15) is 13.2 Å². The Kier molecular flexibility index (Phi) is 14.6. The van der Waals surface area contributed by atoms with Gasteiger partial charge in [0.25, 0.3) is 0 Å². The van der Waals surface area contributed by atoms with Crippen LogP contribution in [-0.2, 0) is 22.4 Å². The van der Waals surface area contributed by atoms with E-state index in [2.05, 4.69) is 13.8 Å². The Morgan fingerprint density at radius 3 is 2.12 bits per heavy atom. The summed E-state index contributed by atoms with van der Waals surface area (Å²) >= 11 is 0.